The van der Waals surface area contributed by atoms with Crippen molar-refractivity contribution >= 4 is 17.9 Å². The highest BCUT2D eigenvalue weighted by Gasteiger charge is 2.27. The second-order valence-corrected chi connectivity index (χ2v) is 4.82. The van der Waals surface area contributed by atoms with Crippen molar-refractivity contribution in [2.75, 3.05) is 0 Å². The predicted octanol–water partition coefficient (Wildman–Crippen LogP) is 2.87. The highest BCUT2D eigenvalue weighted by molar-refractivity contribution is 5.85. The standard InChI is InChI=1S/C13H15NO2/c1-8(12(15)16)9-4-5-11-10(6-9)13(2,3)7-14-11/h4-8H,1-3H3,(H,15,16). The summed E-state index contributed by atoms with van der Waals surface area (Å²) >= 11 is 0. The number of carbonyl (C=O) groups is 1. The van der Waals surface area contributed by atoms with Crippen LogP contribution < -0.4 is 0 Å². The molecule has 0 bridgehead atoms. The number of hydrogen-bond donors (Lipinski definition) is 1. The number of rotatable bonds is 2. The summed E-state index contributed by atoms with van der Waals surface area (Å²) in [5.41, 5.74) is 2.80. The fourth-order valence-corrected chi connectivity index (χ4v) is 1.89. The van der Waals surface area contributed by atoms with Gasteiger partial charge < -0.3 is 5.11 Å². The van der Waals surface area contributed by atoms with Gasteiger partial charge in [-0.3, -0.25) is 9.79 Å². The highest BCUT2D eigenvalue weighted by Crippen LogP contribution is 2.37. The van der Waals surface area contributed by atoms with Crippen molar-refractivity contribution in [2.45, 2.75) is 32.1 Å². The van der Waals surface area contributed by atoms with Crippen LogP contribution in [0.25, 0.3) is 0 Å². The van der Waals surface area contributed by atoms with E-state index in [-0.39, 0.29) is 5.41 Å². The molecule has 1 heterocycles. The SMILES string of the molecule is CC(C(=O)O)c1ccc2c(c1)C(C)(C)C=N2. The first-order chi connectivity index (χ1) is 7.42. The van der Waals surface area contributed by atoms with Crippen molar-refractivity contribution in [3.05, 3.63) is 29.3 Å². The van der Waals surface area contributed by atoms with Gasteiger partial charge in [0.25, 0.3) is 0 Å². The smallest absolute Gasteiger partial charge is 0.310 e. The van der Waals surface area contributed by atoms with Gasteiger partial charge in [-0.15, -0.1) is 0 Å². The summed E-state index contributed by atoms with van der Waals surface area (Å²) in [7, 11) is 0. The van der Waals surface area contributed by atoms with Crippen LogP contribution in [0.4, 0.5) is 5.69 Å². The topological polar surface area (TPSA) is 49.7 Å². The maximum atomic E-state index is 10.9. The number of hydrogen-bond acceptors (Lipinski definition) is 2. The van der Waals surface area contributed by atoms with Gasteiger partial charge in [0.1, 0.15) is 0 Å². The molecule has 1 atom stereocenters. The fraction of sp³-hybridized carbons (Fsp3) is 0.385. The van der Waals surface area contributed by atoms with Gasteiger partial charge in [0.05, 0.1) is 11.6 Å². The summed E-state index contributed by atoms with van der Waals surface area (Å²) in [6.45, 7) is 5.86. The Balaban J connectivity index is 2.46. The van der Waals surface area contributed by atoms with Crippen molar-refractivity contribution in [1.82, 2.24) is 0 Å². The number of carboxylic acids is 1. The van der Waals surface area contributed by atoms with E-state index in [1.54, 1.807) is 6.92 Å². The third-order valence-corrected chi connectivity index (χ3v) is 3.11. The minimum absolute atomic E-state index is 0.0937. The van der Waals surface area contributed by atoms with E-state index in [0.29, 0.717) is 0 Å². The Morgan fingerprint density at radius 3 is 2.75 bits per heavy atom. The zero-order chi connectivity index (χ0) is 11.9. The molecule has 16 heavy (non-hydrogen) atoms. The molecule has 0 saturated heterocycles. The molecule has 0 radical (unpaired) electrons. The van der Waals surface area contributed by atoms with Crippen LogP contribution in [0, 0.1) is 0 Å². The number of aliphatic imine (C=N–C) groups is 1. The van der Waals surface area contributed by atoms with Crippen LogP contribution in [0.2, 0.25) is 0 Å². The van der Waals surface area contributed by atoms with Gasteiger partial charge in [-0.2, -0.15) is 0 Å². The van der Waals surface area contributed by atoms with Gasteiger partial charge in [0, 0.05) is 11.6 Å². The Labute approximate surface area is 94.8 Å². The molecule has 0 amide bonds. The molecule has 0 aliphatic carbocycles. The zero-order valence-electron chi connectivity index (χ0n) is 9.69. The van der Waals surface area contributed by atoms with Crippen molar-refractivity contribution in [2.24, 2.45) is 4.99 Å². The third kappa shape index (κ3) is 1.62. The average molecular weight is 217 g/mol. The molecule has 84 valence electrons. The maximum Gasteiger partial charge on any atom is 0.310 e. The molecule has 1 aromatic carbocycles. The summed E-state index contributed by atoms with van der Waals surface area (Å²) in [5, 5.41) is 8.98. The molecule has 0 fully saturated rings. The second-order valence-electron chi connectivity index (χ2n) is 4.82. The van der Waals surface area contributed by atoms with E-state index >= 15 is 0 Å². The zero-order valence-corrected chi connectivity index (χ0v) is 9.69. The minimum Gasteiger partial charge on any atom is -0.481 e. The Bertz CT molecular complexity index is 475. The molecular formula is C13H15NO2. The second kappa shape index (κ2) is 3.44. The van der Waals surface area contributed by atoms with Crippen LogP contribution >= 0.6 is 0 Å². The molecule has 3 heteroatoms. The van der Waals surface area contributed by atoms with E-state index in [2.05, 4.69) is 18.8 Å². The van der Waals surface area contributed by atoms with E-state index in [4.69, 9.17) is 5.11 Å². The average Bonchev–Trinajstić information content (AvgIpc) is 2.53. The highest BCUT2D eigenvalue weighted by atomic mass is 16.4. The number of aliphatic carboxylic acids is 1. The quantitative estimate of drug-likeness (QED) is 0.828. The van der Waals surface area contributed by atoms with Crippen molar-refractivity contribution in [3.8, 4) is 0 Å². The molecular weight excluding hydrogens is 202 g/mol. The maximum absolute atomic E-state index is 10.9. The van der Waals surface area contributed by atoms with Crippen molar-refractivity contribution in [1.29, 1.82) is 0 Å². The van der Waals surface area contributed by atoms with Crippen LogP contribution in [0.3, 0.4) is 0 Å². The first kappa shape index (κ1) is 10.9. The van der Waals surface area contributed by atoms with Gasteiger partial charge >= 0.3 is 5.97 Å². The lowest BCUT2D eigenvalue weighted by atomic mass is 9.85. The predicted molar refractivity (Wildman–Crippen MR) is 63.7 cm³/mol. The van der Waals surface area contributed by atoms with Gasteiger partial charge in [0.15, 0.2) is 0 Å². The minimum atomic E-state index is -0.795. The number of benzene rings is 1. The first-order valence-corrected chi connectivity index (χ1v) is 5.34. The van der Waals surface area contributed by atoms with Gasteiger partial charge in [-0.1, -0.05) is 26.0 Å². The molecule has 3 nitrogen and oxygen atoms in total. The van der Waals surface area contributed by atoms with Crippen molar-refractivity contribution in [3.63, 3.8) is 0 Å². The molecule has 1 aliphatic heterocycles. The molecule has 2 rings (SSSR count). The lowest BCUT2D eigenvalue weighted by Crippen LogP contribution is -2.16. The van der Waals surface area contributed by atoms with Crippen LogP contribution in [0.1, 0.15) is 37.8 Å². The third-order valence-electron chi connectivity index (χ3n) is 3.11. The molecule has 1 aliphatic rings. The normalized spacial score (nSPS) is 18.2. The summed E-state index contributed by atoms with van der Waals surface area (Å²) in [5.74, 6) is -1.27. The van der Waals surface area contributed by atoms with Gasteiger partial charge in [0.2, 0.25) is 0 Å². The Hall–Kier alpha value is -1.64. The molecule has 1 unspecified atom stereocenters. The molecule has 1 N–H and O–H groups in total. The van der Waals surface area contributed by atoms with Crippen LogP contribution in [-0.2, 0) is 10.2 Å². The summed E-state index contributed by atoms with van der Waals surface area (Å²) in [6.07, 6.45) is 1.91. The van der Waals surface area contributed by atoms with Gasteiger partial charge in [-0.25, -0.2) is 0 Å². The monoisotopic (exact) mass is 217 g/mol. The van der Waals surface area contributed by atoms with E-state index in [1.807, 2.05) is 24.4 Å². The number of nitrogens with zero attached hydrogens (tertiary/aromatic N) is 1. The Kier molecular flexibility index (Phi) is 2.34. The first-order valence-electron chi connectivity index (χ1n) is 5.34. The Morgan fingerprint density at radius 1 is 1.44 bits per heavy atom. The van der Waals surface area contributed by atoms with Crippen LogP contribution in [0.5, 0.6) is 0 Å². The molecule has 0 saturated carbocycles. The lowest BCUT2D eigenvalue weighted by Gasteiger charge is -2.17. The van der Waals surface area contributed by atoms with E-state index in [0.717, 1.165) is 16.8 Å². The lowest BCUT2D eigenvalue weighted by molar-refractivity contribution is -0.138. The molecule has 0 spiro atoms. The van der Waals surface area contributed by atoms with E-state index in [9.17, 15) is 4.79 Å². The largest absolute Gasteiger partial charge is 0.481 e. The molecule has 0 aromatic heterocycles. The fourth-order valence-electron chi connectivity index (χ4n) is 1.89. The van der Waals surface area contributed by atoms with Crippen molar-refractivity contribution < 1.29 is 9.90 Å². The number of fused-ring (bicyclic) bond motifs is 1. The van der Waals surface area contributed by atoms with Crippen LogP contribution in [-0.4, -0.2) is 17.3 Å². The summed E-state index contributed by atoms with van der Waals surface area (Å²) in [6, 6.07) is 5.70. The van der Waals surface area contributed by atoms with E-state index < -0.39 is 11.9 Å². The Morgan fingerprint density at radius 2 is 2.12 bits per heavy atom. The summed E-state index contributed by atoms with van der Waals surface area (Å²) in [4.78, 5) is 15.3. The van der Waals surface area contributed by atoms with Gasteiger partial charge in [-0.05, 0) is 24.1 Å². The number of carboxylic acid groups (broad SMARTS) is 1. The summed E-state index contributed by atoms with van der Waals surface area (Å²) < 4.78 is 0. The molecule has 1 aromatic rings. The van der Waals surface area contributed by atoms with E-state index in [1.165, 1.54) is 0 Å². The van der Waals surface area contributed by atoms with Crippen LogP contribution in [0.15, 0.2) is 23.2 Å².